The van der Waals surface area contributed by atoms with Crippen LogP contribution in [0.5, 0.6) is 11.5 Å². The number of imidazole rings is 1. The van der Waals surface area contributed by atoms with E-state index in [2.05, 4.69) is 20.6 Å². The molecule has 0 aliphatic heterocycles. The molecule has 2 amide bonds. The number of benzene rings is 3. The first-order valence-electron chi connectivity index (χ1n) is 11.9. The van der Waals surface area contributed by atoms with E-state index < -0.39 is 0 Å². The van der Waals surface area contributed by atoms with Crippen molar-refractivity contribution in [3.8, 4) is 11.5 Å². The molecule has 3 aromatic carbocycles. The fourth-order valence-electron chi connectivity index (χ4n) is 3.89. The molecule has 3 N–H and O–H groups in total. The van der Waals surface area contributed by atoms with Gasteiger partial charge in [-0.15, -0.1) is 0 Å². The van der Waals surface area contributed by atoms with Gasteiger partial charge in [-0.25, -0.2) is 4.98 Å². The van der Waals surface area contributed by atoms with Gasteiger partial charge in [0.25, 0.3) is 5.91 Å². The summed E-state index contributed by atoms with van der Waals surface area (Å²) in [7, 11) is 3.20. The molecule has 0 fully saturated rings. The van der Waals surface area contributed by atoms with Crippen LogP contribution in [0.1, 0.15) is 40.7 Å². The second kappa shape index (κ2) is 11.4. The van der Waals surface area contributed by atoms with Crippen molar-refractivity contribution in [2.75, 3.05) is 19.5 Å². The fraction of sp³-hybridized carbons (Fsp3) is 0.250. The summed E-state index contributed by atoms with van der Waals surface area (Å²) in [6.45, 7) is 2.14. The van der Waals surface area contributed by atoms with Crippen LogP contribution in [0.25, 0.3) is 11.0 Å². The van der Waals surface area contributed by atoms with E-state index in [1.807, 2.05) is 61.5 Å². The number of fused-ring (bicyclic) bond motifs is 1. The minimum Gasteiger partial charge on any atom is -0.497 e. The molecule has 8 heteroatoms. The highest BCUT2D eigenvalue weighted by Gasteiger charge is 2.12. The lowest BCUT2D eigenvalue weighted by atomic mass is 10.1. The molecule has 0 saturated carbocycles. The molecule has 0 aliphatic rings. The third-order valence-electron chi connectivity index (χ3n) is 5.93. The second-order valence-electron chi connectivity index (χ2n) is 8.37. The van der Waals surface area contributed by atoms with Gasteiger partial charge in [0.05, 0.1) is 25.3 Å². The summed E-state index contributed by atoms with van der Waals surface area (Å²) in [6.07, 6.45) is 1.98. The van der Waals surface area contributed by atoms with E-state index in [9.17, 15) is 9.59 Å². The summed E-state index contributed by atoms with van der Waals surface area (Å²) in [5.41, 5.74) is 4.95. The normalized spacial score (nSPS) is 10.8. The van der Waals surface area contributed by atoms with Gasteiger partial charge in [-0.2, -0.15) is 0 Å². The zero-order valence-electron chi connectivity index (χ0n) is 20.7. The lowest BCUT2D eigenvalue weighted by Crippen LogP contribution is -2.23. The Morgan fingerprint density at radius 3 is 2.47 bits per heavy atom. The number of nitrogens with one attached hydrogen (secondary N) is 3. The number of nitrogens with zero attached hydrogens (tertiary/aromatic N) is 1. The van der Waals surface area contributed by atoms with Crippen molar-refractivity contribution in [2.24, 2.45) is 0 Å². The monoisotopic (exact) mass is 486 g/mol. The Morgan fingerprint density at radius 1 is 0.944 bits per heavy atom. The van der Waals surface area contributed by atoms with E-state index in [0.29, 0.717) is 30.0 Å². The van der Waals surface area contributed by atoms with Crippen LogP contribution in [0.2, 0.25) is 0 Å². The maximum atomic E-state index is 12.8. The van der Waals surface area contributed by atoms with Crippen LogP contribution in [-0.2, 0) is 24.2 Å². The first kappa shape index (κ1) is 24.8. The predicted molar refractivity (Wildman–Crippen MR) is 140 cm³/mol. The number of ether oxygens (including phenoxy) is 2. The van der Waals surface area contributed by atoms with Gasteiger partial charge in [-0.05, 0) is 60.5 Å². The highest BCUT2D eigenvalue weighted by atomic mass is 16.5. The zero-order chi connectivity index (χ0) is 25.5. The SMILES string of the molecule is CCC(=O)Nc1ccc(CCc2nc3ccc(C(=O)NCc4cc(OC)ccc4OC)cc3[nH]2)cc1. The van der Waals surface area contributed by atoms with Gasteiger partial charge < -0.3 is 25.1 Å². The van der Waals surface area contributed by atoms with Gasteiger partial charge in [0, 0.05) is 36.2 Å². The van der Waals surface area contributed by atoms with Gasteiger partial charge in [0.1, 0.15) is 17.3 Å². The van der Waals surface area contributed by atoms with E-state index in [0.717, 1.165) is 46.5 Å². The summed E-state index contributed by atoms with van der Waals surface area (Å²) >= 11 is 0. The van der Waals surface area contributed by atoms with Crippen molar-refractivity contribution in [3.63, 3.8) is 0 Å². The number of amides is 2. The molecule has 0 spiro atoms. The van der Waals surface area contributed by atoms with Gasteiger partial charge in [-0.1, -0.05) is 19.1 Å². The van der Waals surface area contributed by atoms with Crippen LogP contribution >= 0.6 is 0 Å². The van der Waals surface area contributed by atoms with Crippen molar-refractivity contribution < 1.29 is 19.1 Å². The number of hydrogen-bond donors (Lipinski definition) is 3. The maximum absolute atomic E-state index is 12.8. The summed E-state index contributed by atoms with van der Waals surface area (Å²) in [5.74, 6) is 2.05. The zero-order valence-corrected chi connectivity index (χ0v) is 20.7. The van der Waals surface area contributed by atoms with E-state index in [4.69, 9.17) is 9.47 Å². The number of aryl methyl sites for hydroxylation is 2. The van der Waals surface area contributed by atoms with E-state index >= 15 is 0 Å². The smallest absolute Gasteiger partial charge is 0.251 e. The van der Waals surface area contributed by atoms with Crippen molar-refractivity contribution in [1.29, 1.82) is 0 Å². The van der Waals surface area contributed by atoms with Crippen molar-refractivity contribution >= 4 is 28.5 Å². The van der Waals surface area contributed by atoms with Crippen LogP contribution in [0.3, 0.4) is 0 Å². The number of carbonyl (C=O) groups excluding carboxylic acids is 2. The van der Waals surface area contributed by atoms with E-state index in [-0.39, 0.29) is 11.8 Å². The van der Waals surface area contributed by atoms with Crippen LogP contribution in [0.15, 0.2) is 60.7 Å². The molecule has 4 rings (SSSR count). The third kappa shape index (κ3) is 6.02. The maximum Gasteiger partial charge on any atom is 0.251 e. The Balaban J connectivity index is 1.38. The summed E-state index contributed by atoms with van der Waals surface area (Å²) in [5, 5.41) is 5.80. The molecule has 0 radical (unpaired) electrons. The Bertz CT molecular complexity index is 1360. The predicted octanol–water partition coefficient (Wildman–Crippen LogP) is 4.64. The first-order valence-corrected chi connectivity index (χ1v) is 11.9. The van der Waals surface area contributed by atoms with E-state index in [1.54, 1.807) is 20.3 Å². The molecule has 8 nitrogen and oxygen atoms in total. The second-order valence-corrected chi connectivity index (χ2v) is 8.37. The average molecular weight is 487 g/mol. The number of methoxy groups -OCH3 is 2. The number of H-pyrrole nitrogens is 1. The van der Waals surface area contributed by atoms with Gasteiger partial charge in [0.2, 0.25) is 5.91 Å². The topological polar surface area (TPSA) is 105 Å². The van der Waals surface area contributed by atoms with Crippen LogP contribution in [0, 0.1) is 0 Å². The molecular formula is C28H30N4O4. The quantitative estimate of drug-likeness (QED) is 0.303. The standard InChI is InChI=1S/C28H30N4O4/c1-4-27(33)30-21-9-5-18(6-10-21)7-14-26-31-23-12-8-19(16-24(23)32-26)28(34)29-17-20-15-22(35-2)11-13-25(20)36-3/h5-6,8-13,15-16H,4,7,14,17H2,1-3H3,(H,29,34)(H,30,33)(H,31,32). The highest BCUT2D eigenvalue weighted by molar-refractivity contribution is 5.97. The molecule has 1 heterocycles. The van der Waals surface area contributed by atoms with Gasteiger partial charge >= 0.3 is 0 Å². The van der Waals surface area contributed by atoms with Crippen molar-refractivity contribution in [1.82, 2.24) is 15.3 Å². The number of rotatable bonds is 10. The Hall–Kier alpha value is -4.33. The van der Waals surface area contributed by atoms with Gasteiger partial charge in [-0.3, -0.25) is 9.59 Å². The molecule has 0 atom stereocenters. The minimum atomic E-state index is -0.187. The van der Waals surface area contributed by atoms with Crippen molar-refractivity contribution in [3.05, 3.63) is 83.2 Å². The van der Waals surface area contributed by atoms with Crippen LogP contribution in [-0.4, -0.2) is 36.0 Å². The molecule has 0 aliphatic carbocycles. The number of aromatic nitrogens is 2. The lowest BCUT2D eigenvalue weighted by Gasteiger charge is -2.11. The fourth-order valence-corrected chi connectivity index (χ4v) is 3.89. The molecule has 0 unspecified atom stereocenters. The average Bonchev–Trinajstić information content (AvgIpc) is 3.33. The summed E-state index contributed by atoms with van der Waals surface area (Å²) in [6, 6.07) is 18.7. The molecule has 0 bridgehead atoms. The minimum absolute atomic E-state index is 0.00176. The Morgan fingerprint density at radius 2 is 1.75 bits per heavy atom. The van der Waals surface area contributed by atoms with Crippen molar-refractivity contribution in [2.45, 2.75) is 32.7 Å². The third-order valence-corrected chi connectivity index (χ3v) is 5.93. The Labute approximate surface area is 210 Å². The van der Waals surface area contributed by atoms with Crippen LogP contribution in [0.4, 0.5) is 5.69 Å². The molecule has 186 valence electrons. The first-order chi connectivity index (χ1) is 17.5. The number of anilines is 1. The largest absolute Gasteiger partial charge is 0.497 e. The van der Waals surface area contributed by atoms with Gasteiger partial charge in [0.15, 0.2) is 0 Å². The molecule has 36 heavy (non-hydrogen) atoms. The molecule has 0 saturated heterocycles. The summed E-state index contributed by atoms with van der Waals surface area (Å²) in [4.78, 5) is 32.3. The highest BCUT2D eigenvalue weighted by Crippen LogP contribution is 2.24. The lowest BCUT2D eigenvalue weighted by molar-refractivity contribution is -0.115. The Kier molecular flexibility index (Phi) is 7.85. The molecule has 4 aromatic rings. The number of carbonyl (C=O) groups is 2. The van der Waals surface area contributed by atoms with Crippen LogP contribution < -0.4 is 20.1 Å². The summed E-state index contributed by atoms with van der Waals surface area (Å²) < 4.78 is 10.7. The molecule has 1 aromatic heterocycles. The molecular weight excluding hydrogens is 456 g/mol. The van der Waals surface area contributed by atoms with E-state index in [1.165, 1.54) is 0 Å². The number of aromatic amines is 1. The number of hydrogen-bond acceptors (Lipinski definition) is 5.